The number of amidine groups is 1. The zero-order chi connectivity index (χ0) is 20.7. The van der Waals surface area contributed by atoms with Gasteiger partial charge >= 0.3 is 0 Å². The number of fused-ring (bicyclic) bond motifs is 3. The van der Waals surface area contributed by atoms with E-state index in [2.05, 4.69) is 56.3 Å². The van der Waals surface area contributed by atoms with E-state index in [9.17, 15) is 0 Å². The van der Waals surface area contributed by atoms with Gasteiger partial charge in [-0.05, 0) is 35.9 Å². The summed E-state index contributed by atoms with van der Waals surface area (Å²) < 4.78 is 11.8. The minimum absolute atomic E-state index is 0.373. The van der Waals surface area contributed by atoms with Crippen LogP contribution < -0.4 is 0 Å². The predicted octanol–water partition coefficient (Wildman–Crippen LogP) is 3.10. The molecule has 0 aliphatic carbocycles. The summed E-state index contributed by atoms with van der Waals surface area (Å²) in [5, 5.41) is 8.27. The summed E-state index contributed by atoms with van der Waals surface area (Å²) in [6, 6.07) is 10.5. The van der Waals surface area contributed by atoms with Gasteiger partial charge in [-0.2, -0.15) is 5.10 Å². The first-order chi connectivity index (χ1) is 15.3. The van der Waals surface area contributed by atoms with E-state index in [1.165, 1.54) is 5.56 Å². The zero-order valence-electron chi connectivity index (χ0n) is 17.4. The molecule has 6 rings (SSSR count). The van der Waals surface area contributed by atoms with Gasteiger partial charge in [0.1, 0.15) is 5.84 Å². The maximum Gasteiger partial charge on any atom is 0.171 e. The monoisotopic (exact) mass is 415 g/mol. The fraction of sp³-hybridized carbons (Fsp3) is 0.375. The minimum Gasteiger partial charge on any atom is -0.355 e. The minimum atomic E-state index is -0.373. The topological polar surface area (TPSA) is 62.6 Å². The Balaban J connectivity index is 1.22. The molecule has 0 atom stereocenters. The lowest BCUT2D eigenvalue weighted by molar-refractivity contribution is -0.180. The van der Waals surface area contributed by atoms with Crippen molar-refractivity contribution < 1.29 is 9.47 Å². The molecule has 31 heavy (non-hydrogen) atoms. The molecule has 4 aliphatic rings. The summed E-state index contributed by atoms with van der Waals surface area (Å²) >= 11 is 0. The van der Waals surface area contributed by atoms with E-state index >= 15 is 0 Å². The highest BCUT2D eigenvalue weighted by Crippen LogP contribution is 2.32. The van der Waals surface area contributed by atoms with E-state index in [0.29, 0.717) is 19.8 Å². The van der Waals surface area contributed by atoms with E-state index in [1.54, 1.807) is 0 Å². The Kier molecular flexibility index (Phi) is 4.58. The van der Waals surface area contributed by atoms with Crippen LogP contribution in [-0.2, 0) is 15.9 Å². The lowest BCUT2D eigenvalue weighted by Crippen LogP contribution is -2.47. The van der Waals surface area contributed by atoms with Crippen LogP contribution in [0.2, 0.25) is 0 Å². The van der Waals surface area contributed by atoms with Gasteiger partial charge in [0, 0.05) is 50.1 Å². The molecule has 158 valence electrons. The van der Waals surface area contributed by atoms with Crippen molar-refractivity contribution in [1.82, 2.24) is 14.9 Å². The Morgan fingerprint density at radius 1 is 1.03 bits per heavy atom. The highest BCUT2D eigenvalue weighted by molar-refractivity contribution is 6.05. The molecule has 1 aromatic heterocycles. The second-order valence-electron chi connectivity index (χ2n) is 8.39. The largest absolute Gasteiger partial charge is 0.355 e. The number of pyridine rings is 1. The quantitative estimate of drug-likeness (QED) is 0.754. The van der Waals surface area contributed by atoms with Gasteiger partial charge in [0.25, 0.3) is 0 Å². The first-order valence-electron chi connectivity index (χ1n) is 10.9. The number of hydrazone groups is 1. The van der Waals surface area contributed by atoms with Crippen molar-refractivity contribution in [1.29, 1.82) is 0 Å². The molecule has 0 saturated carbocycles. The second-order valence-corrected chi connectivity index (χ2v) is 8.39. The summed E-state index contributed by atoms with van der Waals surface area (Å²) in [4.78, 5) is 11.4. The SMILES string of the molecule is C1=CC(N2CCC3(CC2)OCCO3)=NN2CC1=NC=C2Cc1ccc2ncccc2c1. The van der Waals surface area contributed by atoms with Crippen LogP contribution in [0.15, 0.2) is 70.7 Å². The molecule has 7 heteroatoms. The van der Waals surface area contributed by atoms with E-state index in [1.807, 2.05) is 18.5 Å². The molecule has 4 aliphatic heterocycles. The lowest BCUT2D eigenvalue weighted by atomic mass is 10.0. The van der Waals surface area contributed by atoms with Crippen molar-refractivity contribution in [2.75, 3.05) is 32.8 Å². The molecule has 5 heterocycles. The number of hydrogen-bond donors (Lipinski definition) is 0. The number of aliphatic imine (C=N–C) groups is 1. The highest BCUT2D eigenvalue weighted by Gasteiger charge is 2.40. The molecule has 7 nitrogen and oxygen atoms in total. The lowest BCUT2D eigenvalue weighted by Gasteiger charge is -2.38. The third-order valence-corrected chi connectivity index (χ3v) is 6.39. The van der Waals surface area contributed by atoms with Gasteiger partial charge in [0.15, 0.2) is 5.79 Å². The summed E-state index contributed by atoms with van der Waals surface area (Å²) in [5.74, 6) is 0.607. The van der Waals surface area contributed by atoms with Gasteiger partial charge < -0.3 is 14.4 Å². The molecule has 0 N–H and O–H groups in total. The van der Waals surface area contributed by atoms with Gasteiger partial charge in [-0.3, -0.25) is 15.0 Å². The van der Waals surface area contributed by atoms with Gasteiger partial charge in [0.05, 0.1) is 36.7 Å². The van der Waals surface area contributed by atoms with Crippen molar-refractivity contribution in [3.05, 3.63) is 66.1 Å². The van der Waals surface area contributed by atoms with Gasteiger partial charge in [-0.1, -0.05) is 12.1 Å². The van der Waals surface area contributed by atoms with Crippen molar-refractivity contribution in [2.24, 2.45) is 10.1 Å². The summed E-state index contributed by atoms with van der Waals surface area (Å²) in [6.07, 6.45) is 10.5. The molecule has 2 bridgehead atoms. The number of aromatic nitrogens is 1. The number of piperidine rings is 1. The fourth-order valence-electron chi connectivity index (χ4n) is 4.65. The fourth-order valence-corrected chi connectivity index (χ4v) is 4.65. The van der Waals surface area contributed by atoms with Crippen LogP contribution in [0.4, 0.5) is 0 Å². The van der Waals surface area contributed by atoms with Gasteiger partial charge in [0.2, 0.25) is 0 Å². The third kappa shape index (κ3) is 3.64. The number of rotatable bonds is 2. The zero-order valence-corrected chi connectivity index (χ0v) is 17.4. The van der Waals surface area contributed by atoms with Crippen molar-refractivity contribution in [2.45, 2.75) is 25.0 Å². The molecule has 2 aromatic rings. The molecular formula is C24H25N5O2. The van der Waals surface area contributed by atoms with Crippen LogP contribution in [0.3, 0.4) is 0 Å². The third-order valence-electron chi connectivity index (χ3n) is 6.39. The van der Waals surface area contributed by atoms with E-state index in [-0.39, 0.29) is 5.79 Å². The Morgan fingerprint density at radius 3 is 2.77 bits per heavy atom. The average Bonchev–Trinajstić information content (AvgIpc) is 3.18. The maximum atomic E-state index is 5.88. The Labute approximate surface area is 181 Å². The average molecular weight is 415 g/mol. The molecule has 0 unspecified atom stereocenters. The second kappa shape index (κ2) is 7.59. The van der Waals surface area contributed by atoms with Gasteiger partial charge in [-0.25, -0.2) is 0 Å². The molecule has 0 radical (unpaired) electrons. The number of ether oxygens (including phenoxy) is 2. The number of allylic oxidation sites excluding steroid dienone is 1. The summed E-state index contributed by atoms with van der Waals surface area (Å²) in [6.45, 7) is 3.85. The summed E-state index contributed by atoms with van der Waals surface area (Å²) in [5.41, 5.74) is 4.38. The molecule has 1 spiro atoms. The van der Waals surface area contributed by atoms with Gasteiger partial charge in [-0.15, -0.1) is 0 Å². The molecule has 1 aromatic carbocycles. The number of nitrogens with zero attached hydrogens (tertiary/aromatic N) is 5. The van der Waals surface area contributed by atoms with Crippen molar-refractivity contribution in [3.63, 3.8) is 0 Å². The predicted molar refractivity (Wildman–Crippen MR) is 120 cm³/mol. The molecule has 0 amide bonds. The van der Waals surface area contributed by atoms with Crippen LogP contribution in [0.5, 0.6) is 0 Å². The van der Waals surface area contributed by atoms with E-state index in [4.69, 9.17) is 14.6 Å². The van der Waals surface area contributed by atoms with Crippen LogP contribution in [0.25, 0.3) is 10.9 Å². The van der Waals surface area contributed by atoms with Crippen LogP contribution in [0.1, 0.15) is 18.4 Å². The normalized spacial score (nSPS) is 22.4. The maximum absolute atomic E-state index is 5.88. The Morgan fingerprint density at radius 2 is 1.90 bits per heavy atom. The number of likely N-dealkylation sites (tertiary alicyclic amines) is 1. The molecule has 2 saturated heterocycles. The standard InChI is InChI=1S/C24H25N5O2/c1-2-19-14-18(3-5-22(19)25-9-1)15-21-16-26-20-4-6-23(27-29(21)17-20)28-10-7-24(8-11-28)30-12-13-31-24/h1-6,9,14,16H,7-8,10-13,15,17H2. The van der Waals surface area contributed by atoms with E-state index < -0.39 is 0 Å². The summed E-state index contributed by atoms with van der Waals surface area (Å²) in [7, 11) is 0. The highest BCUT2D eigenvalue weighted by atomic mass is 16.7. The van der Waals surface area contributed by atoms with Crippen LogP contribution in [0, 0.1) is 0 Å². The van der Waals surface area contributed by atoms with E-state index in [0.717, 1.165) is 60.5 Å². The van der Waals surface area contributed by atoms with Crippen LogP contribution in [-0.4, -0.2) is 65.1 Å². The number of benzene rings is 1. The number of hydrogen-bond acceptors (Lipinski definition) is 7. The molecule has 2 fully saturated rings. The van der Waals surface area contributed by atoms with Crippen molar-refractivity contribution in [3.8, 4) is 0 Å². The Hall–Kier alpha value is -3.03. The van der Waals surface area contributed by atoms with Crippen LogP contribution >= 0.6 is 0 Å². The van der Waals surface area contributed by atoms with Crippen molar-refractivity contribution >= 4 is 22.5 Å². The smallest absolute Gasteiger partial charge is 0.171 e. The first kappa shape index (κ1) is 18.7. The molecular weight excluding hydrogens is 390 g/mol. The first-order valence-corrected chi connectivity index (χ1v) is 10.9. The Bertz CT molecular complexity index is 1120.